The van der Waals surface area contributed by atoms with Gasteiger partial charge in [-0.1, -0.05) is 0 Å². The molecule has 0 radical (unpaired) electrons. The number of rotatable bonds is 6. The minimum Gasteiger partial charge on any atom is -0.490 e. The molecule has 1 aromatic carbocycles. The molecule has 0 saturated heterocycles. The van der Waals surface area contributed by atoms with E-state index in [0.29, 0.717) is 23.5 Å². The number of β-amino-alcohol motifs (C(OH)–C–C–N with tert-alkyl or cyclic N) is 1. The number of carbonyl (C=O) groups excluding carboxylic acids is 1. The van der Waals surface area contributed by atoms with Gasteiger partial charge in [0.2, 0.25) is 0 Å². The summed E-state index contributed by atoms with van der Waals surface area (Å²) in [5.74, 6) is 0.330. The number of carbonyl (C=O) groups is 1. The number of ketones is 1. The Hall–Kier alpha value is -1.59. The maximum Gasteiger partial charge on any atom is 0.163 e. The highest BCUT2D eigenvalue weighted by Gasteiger charge is 2.14. The molecule has 1 aromatic rings. The lowest BCUT2D eigenvalue weighted by Gasteiger charge is -2.23. The van der Waals surface area contributed by atoms with Crippen LogP contribution in [0.4, 0.5) is 5.69 Å². The lowest BCUT2D eigenvalue weighted by Crippen LogP contribution is -2.42. The monoisotopic (exact) mass is 280 g/mol. The summed E-state index contributed by atoms with van der Waals surface area (Å²) in [4.78, 5) is 11.5. The van der Waals surface area contributed by atoms with Crippen LogP contribution in [0.15, 0.2) is 18.2 Å². The molecule has 0 spiro atoms. The average Bonchev–Trinajstić information content (AvgIpc) is 2.33. The van der Waals surface area contributed by atoms with Crippen LogP contribution in [-0.4, -0.2) is 35.7 Å². The van der Waals surface area contributed by atoms with Crippen LogP contribution in [0.5, 0.6) is 5.75 Å². The number of nitrogen functional groups attached to an aromatic ring is 1. The van der Waals surface area contributed by atoms with Gasteiger partial charge in [0.15, 0.2) is 5.78 Å². The van der Waals surface area contributed by atoms with Crippen molar-refractivity contribution in [3.05, 3.63) is 23.8 Å². The Morgan fingerprint density at radius 1 is 1.45 bits per heavy atom. The van der Waals surface area contributed by atoms with Crippen molar-refractivity contribution in [2.45, 2.75) is 39.3 Å². The van der Waals surface area contributed by atoms with E-state index >= 15 is 0 Å². The van der Waals surface area contributed by atoms with Crippen molar-refractivity contribution in [1.29, 1.82) is 0 Å². The first-order chi connectivity index (χ1) is 9.19. The van der Waals surface area contributed by atoms with Gasteiger partial charge in [-0.15, -0.1) is 0 Å². The minimum absolute atomic E-state index is 0.0628. The third-order valence-corrected chi connectivity index (χ3v) is 2.68. The number of anilines is 1. The van der Waals surface area contributed by atoms with Gasteiger partial charge in [0.25, 0.3) is 0 Å². The molecule has 5 heteroatoms. The van der Waals surface area contributed by atoms with Crippen LogP contribution < -0.4 is 15.8 Å². The Bertz CT molecular complexity index is 467. The lowest BCUT2D eigenvalue weighted by molar-refractivity contribution is 0.0950. The second-order valence-corrected chi connectivity index (χ2v) is 5.91. The summed E-state index contributed by atoms with van der Waals surface area (Å²) in [5, 5.41) is 13.0. The maximum atomic E-state index is 11.5. The molecule has 0 heterocycles. The number of aliphatic hydroxyl groups is 1. The second-order valence-electron chi connectivity index (χ2n) is 5.91. The lowest BCUT2D eigenvalue weighted by atomic mass is 10.1. The van der Waals surface area contributed by atoms with Crippen molar-refractivity contribution in [3.63, 3.8) is 0 Å². The Morgan fingerprint density at radius 2 is 2.10 bits per heavy atom. The molecule has 0 amide bonds. The molecule has 0 fully saturated rings. The van der Waals surface area contributed by atoms with Gasteiger partial charge in [-0.25, -0.2) is 0 Å². The van der Waals surface area contributed by atoms with Crippen molar-refractivity contribution in [2.24, 2.45) is 0 Å². The molecule has 4 N–H and O–H groups in total. The summed E-state index contributed by atoms with van der Waals surface area (Å²) in [6.45, 7) is 8.07. The van der Waals surface area contributed by atoms with Crippen molar-refractivity contribution in [1.82, 2.24) is 5.32 Å². The van der Waals surface area contributed by atoms with Crippen molar-refractivity contribution in [2.75, 3.05) is 18.9 Å². The molecule has 0 saturated carbocycles. The topological polar surface area (TPSA) is 84.6 Å². The molecule has 0 unspecified atom stereocenters. The number of hydrogen-bond donors (Lipinski definition) is 3. The Kier molecular flexibility index (Phi) is 5.53. The first kappa shape index (κ1) is 16.5. The van der Waals surface area contributed by atoms with Crippen molar-refractivity contribution < 1.29 is 14.6 Å². The summed E-state index contributed by atoms with van der Waals surface area (Å²) < 4.78 is 5.51. The molecule has 0 aliphatic rings. The van der Waals surface area contributed by atoms with E-state index in [0.717, 1.165) is 0 Å². The van der Waals surface area contributed by atoms with Crippen LogP contribution in [0.1, 0.15) is 38.1 Å². The quantitative estimate of drug-likeness (QED) is 0.544. The fourth-order valence-electron chi connectivity index (χ4n) is 1.62. The third kappa shape index (κ3) is 5.59. The molecule has 0 aromatic heterocycles. The van der Waals surface area contributed by atoms with Gasteiger partial charge in [0.1, 0.15) is 18.5 Å². The normalized spacial score (nSPS) is 13.1. The number of benzene rings is 1. The zero-order chi connectivity index (χ0) is 15.3. The van der Waals surface area contributed by atoms with Gasteiger partial charge >= 0.3 is 0 Å². The van der Waals surface area contributed by atoms with Crippen LogP contribution in [0.25, 0.3) is 0 Å². The zero-order valence-electron chi connectivity index (χ0n) is 12.6. The molecular weight excluding hydrogens is 256 g/mol. The standard InChI is InChI=1S/C15H24N2O3/c1-10(18)13-7-11(16)5-6-14(13)20-9-12(19)8-17-15(2,3)4/h5-7,12,17,19H,8-9,16H2,1-4H3/t12-/m1/s1. The van der Waals surface area contributed by atoms with E-state index in [2.05, 4.69) is 5.32 Å². The zero-order valence-corrected chi connectivity index (χ0v) is 12.6. The smallest absolute Gasteiger partial charge is 0.163 e. The molecule has 20 heavy (non-hydrogen) atoms. The van der Waals surface area contributed by atoms with E-state index in [1.165, 1.54) is 6.92 Å². The van der Waals surface area contributed by atoms with Gasteiger partial charge in [-0.05, 0) is 45.9 Å². The number of ether oxygens (including phenoxy) is 1. The van der Waals surface area contributed by atoms with Crippen LogP contribution in [0, 0.1) is 0 Å². The van der Waals surface area contributed by atoms with Crippen LogP contribution in [0.2, 0.25) is 0 Å². The van der Waals surface area contributed by atoms with E-state index in [9.17, 15) is 9.90 Å². The predicted molar refractivity (Wildman–Crippen MR) is 80.1 cm³/mol. The SMILES string of the molecule is CC(=O)c1cc(N)ccc1OC[C@H](O)CNC(C)(C)C. The number of nitrogens with one attached hydrogen (secondary N) is 1. The third-order valence-electron chi connectivity index (χ3n) is 2.68. The van der Waals surface area contributed by atoms with Crippen LogP contribution in [0.3, 0.4) is 0 Å². The van der Waals surface area contributed by atoms with E-state index in [1.54, 1.807) is 18.2 Å². The Labute approximate surface area is 120 Å². The fourth-order valence-corrected chi connectivity index (χ4v) is 1.62. The average molecular weight is 280 g/mol. The predicted octanol–water partition coefficient (Wildman–Crippen LogP) is 1.60. The second kappa shape index (κ2) is 6.72. The summed E-state index contributed by atoms with van der Waals surface area (Å²) in [6.07, 6.45) is -0.647. The summed E-state index contributed by atoms with van der Waals surface area (Å²) in [7, 11) is 0. The molecule has 0 bridgehead atoms. The van der Waals surface area contributed by atoms with Gasteiger partial charge in [0, 0.05) is 17.8 Å². The fraction of sp³-hybridized carbons (Fsp3) is 0.533. The van der Waals surface area contributed by atoms with Gasteiger partial charge in [-0.2, -0.15) is 0 Å². The number of aliphatic hydroxyl groups excluding tert-OH is 1. The molecule has 1 rings (SSSR count). The summed E-state index contributed by atoms with van der Waals surface area (Å²) >= 11 is 0. The van der Waals surface area contributed by atoms with Crippen LogP contribution >= 0.6 is 0 Å². The Morgan fingerprint density at radius 3 is 2.65 bits per heavy atom. The van der Waals surface area contributed by atoms with E-state index in [4.69, 9.17) is 10.5 Å². The van der Waals surface area contributed by atoms with Gasteiger partial charge in [0.05, 0.1) is 5.56 Å². The van der Waals surface area contributed by atoms with E-state index in [-0.39, 0.29) is 17.9 Å². The molecule has 1 atom stereocenters. The van der Waals surface area contributed by atoms with E-state index < -0.39 is 6.10 Å². The van der Waals surface area contributed by atoms with Crippen molar-refractivity contribution >= 4 is 11.5 Å². The highest BCUT2D eigenvalue weighted by Crippen LogP contribution is 2.22. The van der Waals surface area contributed by atoms with Crippen LogP contribution in [-0.2, 0) is 0 Å². The maximum absolute atomic E-state index is 11.5. The molecule has 0 aliphatic heterocycles. The van der Waals surface area contributed by atoms with Crippen molar-refractivity contribution in [3.8, 4) is 5.75 Å². The number of nitrogens with two attached hydrogens (primary N) is 1. The van der Waals surface area contributed by atoms with Gasteiger partial charge in [-0.3, -0.25) is 4.79 Å². The highest BCUT2D eigenvalue weighted by molar-refractivity contribution is 5.97. The van der Waals surface area contributed by atoms with E-state index in [1.807, 2.05) is 20.8 Å². The summed E-state index contributed by atoms with van der Waals surface area (Å²) in [5.41, 5.74) is 6.53. The minimum atomic E-state index is -0.647. The summed E-state index contributed by atoms with van der Waals surface area (Å²) in [6, 6.07) is 4.90. The number of hydrogen-bond acceptors (Lipinski definition) is 5. The first-order valence-corrected chi connectivity index (χ1v) is 6.65. The Balaban J connectivity index is 2.59. The number of Topliss-reactive ketones (excluding diaryl/α,β-unsaturated/α-hetero) is 1. The molecule has 112 valence electrons. The molecule has 5 nitrogen and oxygen atoms in total. The largest absolute Gasteiger partial charge is 0.490 e. The first-order valence-electron chi connectivity index (χ1n) is 6.65. The highest BCUT2D eigenvalue weighted by atomic mass is 16.5. The molecular formula is C15H24N2O3. The molecule has 0 aliphatic carbocycles. The van der Waals surface area contributed by atoms with Gasteiger partial charge < -0.3 is 20.9 Å².